The number of fused-ring (bicyclic) bond motifs is 1. The van der Waals surface area contributed by atoms with Crippen molar-refractivity contribution in [2.24, 2.45) is 0 Å². The molecule has 0 saturated carbocycles. The van der Waals surface area contributed by atoms with E-state index in [1.807, 2.05) is 6.92 Å². The molecule has 2 aromatic rings. The first kappa shape index (κ1) is 16.6. The van der Waals surface area contributed by atoms with Gasteiger partial charge in [0, 0.05) is 6.07 Å². The van der Waals surface area contributed by atoms with Crippen molar-refractivity contribution in [1.82, 2.24) is 0 Å². The zero-order chi connectivity index (χ0) is 17.2. The lowest BCUT2D eigenvalue weighted by Crippen LogP contribution is -2.34. The third-order valence-corrected chi connectivity index (χ3v) is 4.88. The zero-order valence-corrected chi connectivity index (χ0v) is 14.2. The summed E-state index contributed by atoms with van der Waals surface area (Å²) in [6.45, 7) is 1.96. The Morgan fingerprint density at radius 1 is 1.12 bits per heavy atom. The number of methoxy groups -OCH3 is 1. The second-order valence-electron chi connectivity index (χ2n) is 5.42. The third kappa shape index (κ3) is 3.63. The first-order valence-electron chi connectivity index (χ1n) is 7.41. The maximum Gasteiger partial charge on any atom is 0.297 e. The average Bonchev–Trinajstić information content (AvgIpc) is 2.59. The summed E-state index contributed by atoms with van der Waals surface area (Å²) in [5.41, 5.74) is 0.975. The molecule has 0 aliphatic carbocycles. The lowest BCUT2D eigenvalue weighted by Gasteiger charge is -2.26. The van der Waals surface area contributed by atoms with Crippen LogP contribution in [0.2, 0.25) is 0 Å². The summed E-state index contributed by atoms with van der Waals surface area (Å²) in [6.07, 6.45) is -0.523. The number of benzene rings is 2. The van der Waals surface area contributed by atoms with Gasteiger partial charge in [-0.25, -0.2) is 0 Å². The molecule has 1 heterocycles. The topological polar surface area (TPSA) is 71.1 Å². The van der Waals surface area contributed by atoms with Gasteiger partial charge in [-0.1, -0.05) is 17.7 Å². The van der Waals surface area contributed by atoms with Gasteiger partial charge in [0.1, 0.15) is 19.0 Å². The van der Waals surface area contributed by atoms with Gasteiger partial charge in [0.25, 0.3) is 10.1 Å². The molecule has 0 amide bonds. The van der Waals surface area contributed by atoms with Gasteiger partial charge >= 0.3 is 0 Å². The quantitative estimate of drug-likeness (QED) is 0.772. The van der Waals surface area contributed by atoms with Gasteiger partial charge in [-0.05, 0) is 31.2 Å². The Hall–Kier alpha value is -2.25. The van der Waals surface area contributed by atoms with Crippen LogP contribution in [0.4, 0.5) is 0 Å². The van der Waals surface area contributed by atoms with Crippen molar-refractivity contribution in [2.75, 3.05) is 20.3 Å². The Bertz CT molecular complexity index is 813. The second-order valence-corrected chi connectivity index (χ2v) is 7.03. The normalized spacial score (nSPS) is 16.7. The molecule has 0 bridgehead atoms. The minimum absolute atomic E-state index is 0.117. The molecular weight excluding hydrogens is 332 g/mol. The van der Waals surface area contributed by atoms with Crippen LogP contribution in [0.15, 0.2) is 47.4 Å². The van der Waals surface area contributed by atoms with Crippen molar-refractivity contribution in [1.29, 1.82) is 0 Å². The molecule has 7 heteroatoms. The fourth-order valence-corrected chi connectivity index (χ4v) is 3.18. The van der Waals surface area contributed by atoms with Gasteiger partial charge in [-0.3, -0.25) is 4.18 Å². The molecule has 1 atom stereocenters. The predicted molar refractivity (Wildman–Crippen MR) is 87.2 cm³/mol. The van der Waals surface area contributed by atoms with Gasteiger partial charge < -0.3 is 14.2 Å². The molecular formula is C17H18O6S. The molecule has 128 valence electrons. The highest BCUT2D eigenvalue weighted by Gasteiger charge is 2.25. The molecule has 0 unspecified atom stereocenters. The van der Waals surface area contributed by atoms with Crippen molar-refractivity contribution in [3.63, 3.8) is 0 Å². The number of hydrogen-bond acceptors (Lipinski definition) is 6. The van der Waals surface area contributed by atoms with Gasteiger partial charge in [0.05, 0.1) is 12.0 Å². The summed E-state index contributed by atoms with van der Waals surface area (Å²) in [7, 11) is -2.27. The number of hydrogen-bond donors (Lipinski definition) is 0. The van der Waals surface area contributed by atoms with Crippen molar-refractivity contribution in [3.8, 4) is 17.2 Å². The molecule has 24 heavy (non-hydrogen) atoms. The largest absolute Gasteiger partial charge is 0.497 e. The Labute approximate surface area is 141 Å². The van der Waals surface area contributed by atoms with E-state index < -0.39 is 16.2 Å². The van der Waals surface area contributed by atoms with Crippen LogP contribution in [-0.4, -0.2) is 34.8 Å². The van der Waals surface area contributed by atoms with E-state index >= 15 is 0 Å². The lowest BCUT2D eigenvalue weighted by atomic mass is 10.2. The van der Waals surface area contributed by atoms with Crippen molar-refractivity contribution >= 4 is 10.1 Å². The van der Waals surface area contributed by atoms with Crippen molar-refractivity contribution in [3.05, 3.63) is 48.0 Å². The summed E-state index contributed by atoms with van der Waals surface area (Å²) in [5, 5.41) is 0. The predicted octanol–water partition coefficient (Wildman–Crippen LogP) is 2.55. The first-order valence-corrected chi connectivity index (χ1v) is 8.82. The van der Waals surface area contributed by atoms with E-state index in [1.165, 1.54) is 12.1 Å². The molecule has 0 radical (unpaired) electrons. The van der Waals surface area contributed by atoms with Crippen molar-refractivity contribution in [2.45, 2.75) is 17.9 Å². The lowest BCUT2D eigenvalue weighted by molar-refractivity contribution is 0.0552. The summed E-state index contributed by atoms with van der Waals surface area (Å²) in [4.78, 5) is 0.117. The fourth-order valence-electron chi connectivity index (χ4n) is 2.24. The van der Waals surface area contributed by atoms with Crippen LogP contribution >= 0.6 is 0 Å². The highest BCUT2D eigenvalue weighted by atomic mass is 32.2. The Morgan fingerprint density at radius 3 is 2.58 bits per heavy atom. The molecule has 1 aliphatic rings. The third-order valence-electron chi connectivity index (χ3n) is 3.59. The van der Waals surface area contributed by atoms with E-state index in [0.717, 1.165) is 5.56 Å². The summed E-state index contributed by atoms with van der Waals surface area (Å²) < 4.78 is 45.9. The SMILES string of the molecule is COc1ccc2c(c1)O[C@@H](COS(=O)(=O)c1ccc(C)cc1)CO2. The van der Waals surface area contributed by atoms with Crippen LogP contribution in [0.5, 0.6) is 17.2 Å². The highest BCUT2D eigenvalue weighted by Crippen LogP contribution is 2.35. The van der Waals surface area contributed by atoms with Gasteiger partial charge in [0.2, 0.25) is 0 Å². The van der Waals surface area contributed by atoms with Crippen LogP contribution in [0.1, 0.15) is 5.56 Å². The average molecular weight is 350 g/mol. The van der Waals surface area contributed by atoms with Crippen LogP contribution < -0.4 is 14.2 Å². The maximum atomic E-state index is 12.2. The van der Waals surface area contributed by atoms with E-state index in [9.17, 15) is 8.42 Å². The zero-order valence-electron chi connectivity index (χ0n) is 13.4. The Morgan fingerprint density at radius 2 is 1.88 bits per heavy atom. The molecule has 2 aromatic carbocycles. The minimum Gasteiger partial charge on any atom is -0.497 e. The molecule has 6 nitrogen and oxygen atoms in total. The minimum atomic E-state index is -3.83. The van der Waals surface area contributed by atoms with Gasteiger partial charge in [0.15, 0.2) is 17.6 Å². The van der Waals surface area contributed by atoms with Gasteiger partial charge in [-0.2, -0.15) is 8.42 Å². The van der Waals surface area contributed by atoms with Crippen LogP contribution in [0, 0.1) is 6.92 Å². The molecule has 3 rings (SSSR count). The van der Waals surface area contributed by atoms with Crippen LogP contribution in [0.25, 0.3) is 0 Å². The molecule has 0 spiro atoms. The standard InChI is InChI=1S/C17H18O6S/c1-12-3-6-15(7-4-12)24(18,19)22-11-14-10-21-16-8-5-13(20-2)9-17(16)23-14/h3-9,14H,10-11H2,1-2H3/t14-/m1/s1. The Balaban J connectivity index is 1.66. The summed E-state index contributed by atoms with van der Waals surface area (Å²) >= 11 is 0. The van der Waals surface area contributed by atoms with Gasteiger partial charge in [-0.15, -0.1) is 0 Å². The number of rotatable bonds is 5. The molecule has 0 saturated heterocycles. The number of aryl methyl sites for hydroxylation is 1. The number of ether oxygens (including phenoxy) is 3. The summed E-state index contributed by atoms with van der Waals surface area (Å²) in [5.74, 6) is 1.72. The van der Waals surface area contributed by atoms with Crippen LogP contribution in [-0.2, 0) is 14.3 Å². The van der Waals surface area contributed by atoms with E-state index in [-0.39, 0.29) is 18.1 Å². The monoisotopic (exact) mass is 350 g/mol. The van der Waals surface area contributed by atoms with E-state index in [4.69, 9.17) is 18.4 Å². The summed E-state index contributed by atoms with van der Waals surface area (Å²) in [6, 6.07) is 11.7. The molecule has 0 fully saturated rings. The smallest absolute Gasteiger partial charge is 0.297 e. The molecule has 0 N–H and O–H groups in total. The van der Waals surface area contributed by atoms with E-state index in [0.29, 0.717) is 17.2 Å². The first-order chi connectivity index (χ1) is 11.5. The highest BCUT2D eigenvalue weighted by molar-refractivity contribution is 7.86. The van der Waals surface area contributed by atoms with Crippen LogP contribution in [0.3, 0.4) is 0 Å². The molecule has 0 aromatic heterocycles. The maximum absolute atomic E-state index is 12.2. The fraction of sp³-hybridized carbons (Fsp3) is 0.294. The molecule has 1 aliphatic heterocycles. The van der Waals surface area contributed by atoms with E-state index in [2.05, 4.69) is 0 Å². The van der Waals surface area contributed by atoms with E-state index in [1.54, 1.807) is 37.4 Å². The Kier molecular flexibility index (Phi) is 4.64. The van der Waals surface area contributed by atoms with Crippen molar-refractivity contribution < 1.29 is 26.8 Å². The second kappa shape index (κ2) is 6.70.